The minimum absolute atomic E-state index is 0.320. The molecule has 2 aromatic carbocycles. The van der Waals surface area contributed by atoms with Crippen molar-refractivity contribution in [3.05, 3.63) is 90.6 Å². The summed E-state index contributed by atoms with van der Waals surface area (Å²) in [5.74, 6) is 1.20. The Kier molecular flexibility index (Phi) is 5.94. The van der Waals surface area contributed by atoms with Gasteiger partial charge in [0.15, 0.2) is 5.16 Å². The summed E-state index contributed by atoms with van der Waals surface area (Å²) in [6, 6.07) is 18.9. The van der Waals surface area contributed by atoms with Crippen LogP contribution in [-0.2, 0) is 18.8 Å². The fraction of sp³-hybridized carbons (Fsp3) is 0.182. The van der Waals surface area contributed by atoms with Crippen LogP contribution in [0, 0.1) is 0 Å². The van der Waals surface area contributed by atoms with Crippen molar-refractivity contribution < 1.29 is 13.2 Å². The van der Waals surface area contributed by atoms with Gasteiger partial charge in [0.05, 0.1) is 17.6 Å². The first kappa shape index (κ1) is 20.3. The van der Waals surface area contributed by atoms with E-state index in [9.17, 15) is 13.2 Å². The standard InChI is InChI=1S/C22H19F3N4S/c23-22(24,25)16-29-19(18-9-5-2-6-10-18)13-27-21(29)30-15-20-26-11-12-28(20)14-17-7-3-1-4-8-17/h1-13H,14-16H2. The first-order valence-corrected chi connectivity index (χ1v) is 10.3. The summed E-state index contributed by atoms with van der Waals surface area (Å²) in [5.41, 5.74) is 2.28. The summed E-state index contributed by atoms with van der Waals surface area (Å²) in [6.45, 7) is -0.430. The van der Waals surface area contributed by atoms with E-state index in [1.807, 2.05) is 47.2 Å². The molecule has 0 aliphatic carbocycles. The van der Waals surface area contributed by atoms with Crippen molar-refractivity contribution in [3.8, 4) is 11.3 Å². The third-order valence-corrected chi connectivity index (χ3v) is 5.54. The molecule has 0 spiro atoms. The van der Waals surface area contributed by atoms with Crippen LogP contribution in [0.15, 0.2) is 84.4 Å². The molecule has 0 amide bonds. The summed E-state index contributed by atoms with van der Waals surface area (Å²) in [7, 11) is 0. The first-order valence-electron chi connectivity index (χ1n) is 9.34. The molecular weight excluding hydrogens is 409 g/mol. The van der Waals surface area contributed by atoms with Crippen LogP contribution in [0.3, 0.4) is 0 Å². The van der Waals surface area contributed by atoms with Gasteiger partial charge in [-0.2, -0.15) is 13.2 Å². The van der Waals surface area contributed by atoms with Crippen LogP contribution >= 0.6 is 11.8 Å². The molecule has 2 aromatic heterocycles. The van der Waals surface area contributed by atoms with Gasteiger partial charge in [0.1, 0.15) is 12.4 Å². The van der Waals surface area contributed by atoms with Crippen LogP contribution in [0.2, 0.25) is 0 Å². The van der Waals surface area contributed by atoms with E-state index in [-0.39, 0.29) is 0 Å². The quantitative estimate of drug-likeness (QED) is 0.357. The van der Waals surface area contributed by atoms with E-state index in [0.29, 0.717) is 28.7 Å². The molecular formula is C22H19F3N4S. The zero-order valence-electron chi connectivity index (χ0n) is 16.0. The predicted molar refractivity (Wildman–Crippen MR) is 111 cm³/mol. The lowest BCUT2D eigenvalue weighted by molar-refractivity contribution is -0.141. The van der Waals surface area contributed by atoms with Crippen LogP contribution in [-0.4, -0.2) is 25.3 Å². The fourth-order valence-electron chi connectivity index (χ4n) is 3.18. The molecule has 0 aliphatic heterocycles. The molecule has 0 saturated heterocycles. The lowest BCUT2D eigenvalue weighted by atomic mass is 10.2. The van der Waals surface area contributed by atoms with E-state index in [4.69, 9.17) is 0 Å². The van der Waals surface area contributed by atoms with Gasteiger partial charge in [0.2, 0.25) is 0 Å². The predicted octanol–water partition coefficient (Wildman–Crippen LogP) is 5.65. The van der Waals surface area contributed by atoms with Crippen molar-refractivity contribution in [2.24, 2.45) is 0 Å². The molecule has 154 valence electrons. The van der Waals surface area contributed by atoms with E-state index >= 15 is 0 Å². The molecule has 4 aromatic rings. The third-order valence-electron chi connectivity index (χ3n) is 4.55. The molecule has 0 radical (unpaired) electrons. The van der Waals surface area contributed by atoms with E-state index in [1.165, 1.54) is 22.5 Å². The molecule has 0 N–H and O–H groups in total. The normalized spacial score (nSPS) is 11.7. The maximum absolute atomic E-state index is 13.2. The summed E-state index contributed by atoms with van der Waals surface area (Å²) in [5, 5.41) is 0.320. The Morgan fingerprint density at radius 3 is 2.30 bits per heavy atom. The molecule has 0 bridgehead atoms. The average molecular weight is 428 g/mol. The molecule has 0 fully saturated rings. The highest BCUT2D eigenvalue weighted by atomic mass is 32.2. The van der Waals surface area contributed by atoms with Crippen molar-refractivity contribution >= 4 is 11.8 Å². The topological polar surface area (TPSA) is 35.6 Å². The Morgan fingerprint density at radius 1 is 0.900 bits per heavy atom. The number of halogens is 3. The van der Waals surface area contributed by atoms with Gasteiger partial charge in [-0.15, -0.1) is 0 Å². The first-order chi connectivity index (χ1) is 14.5. The average Bonchev–Trinajstić information content (AvgIpc) is 3.33. The SMILES string of the molecule is FC(F)(F)Cn1c(-c2ccccc2)cnc1SCc1nccn1Cc1ccccc1. The number of hydrogen-bond acceptors (Lipinski definition) is 3. The smallest absolute Gasteiger partial charge is 0.330 e. The number of thioether (sulfide) groups is 1. The Balaban J connectivity index is 1.56. The second-order valence-corrected chi connectivity index (χ2v) is 7.68. The van der Waals surface area contributed by atoms with Crippen LogP contribution < -0.4 is 0 Å². The van der Waals surface area contributed by atoms with Crippen LogP contribution in [0.4, 0.5) is 13.2 Å². The van der Waals surface area contributed by atoms with Crippen LogP contribution in [0.25, 0.3) is 11.3 Å². The summed E-state index contributed by atoms with van der Waals surface area (Å²) in [6.07, 6.45) is 0.738. The number of aromatic nitrogens is 4. The Bertz CT molecular complexity index is 1090. The molecule has 0 atom stereocenters. The molecule has 0 unspecified atom stereocenters. The van der Waals surface area contributed by atoms with E-state index < -0.39 is 12.7 Å². The van der Waals surface area contributed by atoms with Crippen molar-refractivity contribution in [3.63, 3.8) is 0 Å². The molecule has 0 aliphatic rings. The minimum Gasteiger partial charge on any atom is -0.330 e. The lowest BCUT2D eigenvalue weighted by Crippen LogP contribution is -2.19. The molecule has 2 heterocycles. The van der Waals surface area contributed by atoms with Gasteiger partial charge >= 0.3 is 6.18 Å². The summed E-state index contributed by atoms with van der Waals surface area (Å²) < 4.78 is 42.9. The van der Waals surface area contributed by atoms with E-state index in [2.05, 4.69) is 9.97 Å². The lowest BCUT2D eigenvalue weighted by Gasteiger charge is -2.14. The van der Waals surface area contributed by atoms with Crippen LogP contribution in [0.5, 0.6) is 0 Å². The zero-order chi connectivity index (χ0) is 21.0. The second kappa shape index (κ2) is 8.79. The highest BCUT2D eigenvalue weighted by Gasteiger charge is 2.31. The van der Waals surface area contributed by atoms with Gasteiger partial charge in [-0.05, 0) is 11.1 Å². The van der Waals surface area contributed by atoms with E-state index in [1.54, 1.807) is 30.5 Å². The van der Waals surface area contributed by atoms with Crippen molar-refractivity contribution in [2.75, 3.05) is 0 Å². The molecule has 4 nitrogen and oxygen atoms in total. The van der Waals surface area contributed by atoms with Gasteiger partial charge in [-0.1, -0.05) is 72.4 Å². The van der Waals surface area contributed by atoms with Crippen molar-refractivity contribution in [1.82, 2.24) is 19.1 Å². The largest absolute Gasteiger partial charge is 0.406 e. The molecule has 4 rings (SSSR count). The number of benzene rings is 2. The van der Waals surface area contributed by atoms with Crippen LogP contribution in [0.1, 0.15) is 11.4 Å². The monoisotopic (exact) mass is 428 g/mol. The van der Waals surface area contributed by atoms with Crippen molar-refractivity contribution in [1.29, 1.82) is 0 Å². The van der Waals surface area contributed by atoms with E-state index in [0.717, 1.165) is 11.4 Å². The molecule has 30 heavy (non-hydrogen) atoms. The summed E-state index contributed by atoms with van der Waals surface area (Å²) in [4.78, 5) is 8.66. The minimum atomic E-state index is -4.34. The molecule has 0 saturated carbocycles. The Labute approximate surface area is 176 Å². The maximum Gasteiger partial charge on any atom is 0.406 e. The van der Waals surface area contributed by atoms with Gasteiger partial charge < -0.3 is 9.13 Å². The number of nitrogens with zero attached hydrogens (tertiary/aromatic N) is 4. The zero-order valence-corrected chi connectivity index (χ0v) is 16.8. The van der Waals surface area contributed by atoms with Gasteiger partial charge in [-0.3, -0.25) is 0 Å². The number of hydrogen-bond donors (Lipinski definition) is 0. The number of alkyl halides is 3. The number of rotatable bonds is 7. The number of imidazole rings is 2. The van der Waals surface area contributed by atoms with Gasteiger partial charge in [0.25, 0.3) is 0 Å². The Hall–Kier alpha value is -3.00. The maximum atomic E-state index is 13.2. The van der Waals surface area contributed by atoms with Crippen molar-refractivity contribution in [2.45, 2.75) is 30.2 Å². The fourth-order valence-corrected chi connectivity index (χ4v) is 4.12. The summed E-state index contributed by atoms with van der Waals surface area (Å²) >= 11 is 1.25. The highest BCUT2D eigenvalue weighted by Crippen LogP contribution is 2.31. The second-order valence-electron chi connectivity index (χ2n) is 6.74. The molecule has 8 heteroatoms. The Morgan fingerprint density at radius 2 is 1.60 bits per heavy atom. The highest BCUT2D eigenvalue weighted by molar-refractivity contribution is 7.98. The third kappa shape index (κ3) is 4.94. The van der Waals surface area contributed by atoms with Gasteiger partial charge in [0, 0.05) is 18.9 Å². The van der Waals surface area contributed by atoms with Gasteiger partial charge in [-0.25, -0.2) is 9.97 Å².